The van der Waals surface area contributed by atoms with Gasteiger partial charge in [-0.3, -0.25) is 4.98 Å². The smallest absolute Gasteiger partial charge is 0.202 e. The summed E-state index contributed by atoms with van der Waals surface area (Å²) < 4.78 is 5.29. The molecule has 0 radical (unpaired) electrons. The van der Waals surface area contributed by atoms with Gasteiger partial charge in [0.1, 0.15) is 5.82 Å². The van der Waals surface area contributed by atoms with Crippen molar-refractivity contribution in [3.05, 3.63) is 34.3 Å². The minimum absolute atomic E-state index is 0.726. The number of aryl methyl sites for hydroxylation is 1. The Bertz CT molecular complexity index is 486. The van der Waals surface area contributed by atoms with Crippen molar-refractivity contribution >= 4 is 32.6 Å². The molecule has 0 aromatic carbocycles. The lowest BCUT2D eigenvalue weighted by Gasteiger charge is -2.03. The fraction of sp³-hybridized carbons (Fsp3) is 0.364. The third kappa shape index (κ3) is 3.47. The lowest BCUT2D eigenvalue weighted by atomic mass is 10.3. The number of hydrogen-bond acceptors (Lipinski definition) is 5. The topological polar surface area (TPSA) is 50.7 Å². The predicted molar refractivity (Wildman–Crippen MR) is 73.2 cm³/mol. The van der Waals surface area contributed by atoms with Crippen molar-refractivity contribution in [3.8, 4) is 0 Å². The molecular weight excluding hydrogens is 300 g/mol. The molecule has 0 aliphatic rings. The molecule has 0 amide bonds. The lowest BCUT2D eigenvalue weighted by molar-refractivity contribution is 0.861. The zero-order chi connectivity index (χ0) is 12.1. The summed E-state index contributed by atoms with van der Waals surface area (Å²) in [6.45, 7) is 2.85. The molecular formula is C11H13BrN4S. The molecule has 2 aromatic heterocycles. The number of anilines is 1. The average Bonchev–Trinajstić information content (AvgIpc) is 2.76. The van der Waals surface area contributed by atoms with Crippen LogP contribution in [0.4, 0.5) is 5.13 Å². The molecule has 0 atom stereocenters. The van der Waals surface area contributed by atoms with Crippen molar-refractivity contribution in [3.63, 3.8) is 0 Å². The highest BCUT2D eigenvalue weighted by Gasteiger charge is 2.04. The molecule has 0 saturated carbocycles. The van der Waals surface area contributed by atoms with Gasteiger partial charge in [-0.1, -0.05) is 6.92 Å². The Labute approximate surface area is 113 Å². The van der Waals surface area contributed by atoms with Crippen LogP contribution in [0.15, 0.2) is 22.9 Å². The Morgan fingerprint density at radius 2 is 2.35 bits per heavy atom. The molecule has 0 unspecified atom stereocenters. The summed E-state index contributed by atoms with van der Waals surface area (Å²) in [5, 5.41) is 4.14. The first-order valence-electron chi connectivity index (χ1n) is 5.44. The summed E-state index contributed by atoms with van der Waals surface area (Å²) in [5.74, 6) is 0.925. The van der Waals surface area contributed by atoms with Crippen molar-refractivity contribution < 1.29 is 0 Å². The fourth-order valence-corrected chi connectivity index (χ4v) is 2.37. The number of nitrogens with zero attached hydrogens (tertiary/aromatic N) is 3. The van der Waals surface area contributed by atoms with Gasteiger partial charge in [0.2, 0.25) is 5.13 Å². The molecule has 1 N–H and O–H groups in total. The number of halogens is 1. The summed E-state index contributed by atoms with van der Waals surface area (Å²) in [7, 11) is 0. The van der Waals surface area contributed by atoms with E-state index in [2.05, 4.69) is 42.5 Å². The van der Waals surface area contributed by atoms with E-state index in [0.717, 1.165) is 40.4 Å². The highest BCUT2D eigenvalue weighted by Crippen LogP contribution is 2.17. The van der Waals surface area contributed by atoms with E-state index >= 15 is 0 Å². The Morgan fingerprint density at radius 3 is 3.12 bits per heavy atom. The average molecular weight is 313 g/mol. The van der Waals surface area contributed by atoms with E-state index in [1.54, 1.807) is 12.4 Å². The molecule has 6 heteroatoms. The molecule has 4 nitrogen and oxygen atoms in total. The van der Waals surface area contributed by atoms with E-state index in [1.807, 2.05) is 6.07 Å². The van der Waals surface area contributed by atoms with Crippen LogP contribution < -0.4 is 5.32 Å². The standard InChI is InChI=1S/C11H13BrN4S/c1-2-3-10-15-11(17-16-10)14-6-8-4-5-13-7-9(8)12/h4-5,7H,2-3,6H2,1H3,(H,14,15,16). The van der Waals surface area contributed by atoms with Crippen molar-refractivity contribution in [1.82, 2.24) is 14.3 Å². The molecule has 90 valence electrons. The molecule has 0 bridgehead atoms. The maximum absolute atomic E-state index is 4.41. The Morgan fingerprint density at radius 1 is 1.47 bits per heavy atom. The monoisotopic (exact) mass is 312 g/mol. The van der Waals surface area contributed by atoms with Crippen molar-refractivity contribution in [2.24, 2.45) is 0 Å². The van der Waals surface area contributed by atoms with Gasteiger partial charge in [-0.05, 0) is 34.0 Å². The molecule has 2 aromatic rings. The van der Waals surface area contributed by atoms with E-state index in [9.17, 15) is 0 Å². The van der Waals surface area contributed by atoms with Crippen molar-refractivity contribution in [1.29, 1.82) is 0 Å². The van der Waals surface area contributed by atoms with Crippen LogP contribution >= 0.6 is 27.5 Å². The number of rotatable bonds is 5. The quantitative estimate of drug-likeness (QED) is 0.920. The first kappa shape index (κ1) is 12.4. The first-order valence-corrected chi connectivity index (χ1v) is 7.01. The largest absolute Gasteiger partial charge is 0.356 e. The lowest BCUT2D eigenvalue weighted by Crippen LogP contribution is -2.00. The Kier molecular flexibility index (Phi) is 4.44. The minimum atomic E-state index is 0.726. The van der Waals surface area contributed by atoms with Gasteiger partial charge in [0.25, 0.3) is 0 Å². The highest BCUT2D eigenvalue weighted by molar-refractivity contribution is 9.10. The van der Waals surface area contributed by atoms with E-state index in [-0.39, 0.29) is 0 Å². The van der Waals surface area contributed by atoms with Gasteiger partial charge in [0.15, 0.2) is 0 Å². The van der Waals surface area contributed by atoms with Crippen LogP contribution in [-0.4, -0.2) is 14.3 Å². The molecule has 0 aliphatic heterocycles. The van der Waals surface area contributed by atoms with Gasteiger partial charge in [-0.15, -0.1) is 0 Å². The molecule has 0 fully saturated rings. The number of hydrogen-bond donors (Lipinski definition) is 1. The Hall–Kier alpha value is -1.01. The van der Waals surface area contributed by atoms with E-state index in [1.165, 1.54) is 11.5 Å². The molecule has 0 spiro atoms. The van der Waals surface area contributed by atoms with Gasteiger partial charge >= 0.3 is 0 Å². The van der Waals surface area contributed by atoms with Crippen LogP contribution in [0, 0.1) is 0 Å². The van der Waals surface area contributed by atoms with Crippen LogP contribution in [0.25, 0.3) is 0 Å². The summed E-state index contributed by atoms with van der Waals surface area (Å²) in [6, 6.07) is 1.98. The predicted octanol–water partition coefficient (Wildman–Crippen LogP) is 3.26. The molecule has 17 heavy (non-hydrogen) atoms. The number of nitrogens with one attached hydrogen (secondary N) is 1. The molecule has 2 heterocycles. The number of aromatic nitrogens is 3. The maximum Gasteiger partial charge on any atom is 0.202 e. The normalized spacial score (nSPS) is 10.5. The van der Waals surface area contributed by atoms with Gasteiger partial charge < -0.3 is 5.32 Å². The van der Waals surface area contributed by atoms with Crippen LogP contribution in [0.5, 0.6) is 0 Å². The highest BCUT2D eigenvalue weighted by atomic mass is 79.9. The fourth-order valence-electron chi connectivity index (χ4n) is 1.37. The molecule has 0 aliphatic carbocycles. The third-order valence-electron chi connectivity index (χ3n) is 2.23. The van der Waals surface area contributed by atoms with E-state index < -0.39 is 0 Å². The summed E-state index contributed by atoms with van der Waals surface area (Å²) >= 11 is 4.88. The SMILES string of the molecule is CCCc1nsc(NCc2ccncc2Br)n1. The molecule has 2 rings (SSSR count). The van der Waals surface area contributed by atoms with Gasteiger partial charge in [-0.25, -0.2) is 4.98 Å². The summed E-state index contributed by atoms with van der Waals surface area (Å²) in [5.41, 5.74) is 1.16. The van der Waals surface area contributed by atoms with Gasteiger partial charge in [0.05, 0.1) is 0 Å². The zero-order valence-corrected chi connectivity index (χ0v) is 11.9. The van der Waals surface area contributed by atoms with Crippen LogP contribution in [-0.2, 0) is 13.0 Å². The second-order valence-corrected chi connectivity index (χ2v) is 5.19. The van der Waals surface area contributed by atoms with Crippen molar-refractivity contribution in [2.75, 3.05) is 5.32 Å². The first-order chi connectivity index (χ1) is 8.29. The van der Waals surface area contributed by atoms with E-state index in [4.69, 9.17) is 0 Å². The maximum atomic E-state index is 4.41. The Balaban J connectivity index is 1.95. The second kappa shape index (κ2) is 6.07. The third-order valence-corrected chi connectivity index (χ3v) is 3.65. The zero-order valence-electron chi connectivity index (χ0n) is 9.48. The minimum Gasteiger partial charge on any atom is -0.356 e. The van der Waals surface area contributed by atoms with Gasteiger partial charge in [-0.2, -0.15) is 4.37 Å². The van der Waals surface area contributed by atoms with Gasteiger partial charge in [0, 0.05) is 41.4 Å². The van der Waals surface area contributed by atoms with Crippen molar-refractivity contribution in [2.45, 2.75) is 26.3 Å². The summed E-state index contributed by atoms with van der Waals surface area (Å²) in [4.78, 5) is 8.44. The number of pyridine rings is 1. The molecule has 0 saturated heterocycles. The second-order valence-electron chi connectivity index (χ2n) is 3.59. The summed E-state index contributed by atoms with van der Waals surface area (Å²) in [6.07, 6.45) is 5.59. The van der Waals surface area contributed by atoms with Crippen LogP contribution in [0.2, 0.25) is 0 Å². The van der Waals surface area contributed by atoms with Crippen LogP contribution in [0.1, 0.15) is 24.7 Å². The van der Waals surface area contributed by atoms with Crippen LogP contribution in [0.3, 0.4) is 0 Å². The van der Waals surface area contributed by atoms with E-state index in [0.29, 0.717) is 0 Å².